The lowest BCUT2D eigenvalue weighted by Gasteiger charge is -2.51. The maximum absolute atomic E-state index is 12.0. The lowest BCUT2D eigenvalue weighted by Crippen LogP contribution is -2.61. The van der Waals surface area contributed by atoms with Crippen molar-refractivity contribution in [3.05, 3.63) is 52.7 Å². The van der Waals surface area contributed by atoms with Crippen molar-refractivity contribution < 1.29 is 9.28 Å². The van der Waals surface area contributed by atoms with Gasteiger partial charge in [0, 0.05) is 35.7 Å². The van der Waals surface area contributed by atoms with Crippen molar-refractivity contribution in [3.8, 4) is 0 Å². The molecule has 0 aromatic heterocycles. The molecule has 1 N–H and O–H groups in total. The van der Waals surface area contributed by atoms with Crippen molar-refractivity contribution in [1.29, 1.82) is 0 Å². The highest BCUT2D eigenvalue weighted by Gasteiger charge is 2.67. The number of carbonyl (C=O) groups is 1. The van der Waals surface area contributed by atoms with Gasteiger partial charge in [0.05, 0.1) is 19.0 Å². The molecule has 1 aromatic rings. The smallest absolute Gasteiger partial charge is 0.148 e. The molecule has 1 aromatic carbocycles. The van der Waals surface area contributed by atoms with Gasteiger partial charge in [0.1, 0.15) is 18.9 Å². The van der Waals surface area contributed by atoms with Crippen LogP contribution in [0.15, 0.2) is 47.2 Å². The quantitative estimate of drug-likeness (QED) is 0.491. The second kappa shape index (κ2) is 4.15. The maximum Gasteiger partial charge on any atom is 0.148 e. The minimum atomic E-state index is 0.0390. The van der Waals surface area contributed by atoms with Crippen LogP contribution in [0.5, 0.6) is 0 Å². The zero-order valence-electron chi connectivity index (χ0n) is 13.8. The Bertz CT molecular complexity index is 793. The summed E-state index contributed by atoms with van der Waals surface area (Å²) in [5.74, 6) is 0.316. The predicted molar refractivity (Wildman–Crippen MR) is 91.0 cm³/mol. The summed E-state index contributed by atoms with van der Waals surface area (Å²) in [6.45, 7) is 4.42. The topological polar surface area (TPSA) is 29.1 Å². The first kappa shape index (κ1) is 13.6. The molecule has 4 atom stereocenters. The summed E-state index contributed by atoms with van der Waals surface area (Å²) in [4.78, 5) is 12.0. The number of fused-ring (bicyclic) bond motifs is 2. The summed E-state index contributed by atoms with van der Waals surface area (Å²) in [5, 5.41) is 3.66. The lowest BCUT2D eigenvalue weighted by atomic mass is 9.61. The molecule has 3 heterocycles. The van der Waals surface area contributed by atoms with Crippen LogP contribution in [0, 0.1) is 5.92 Å². The second-order valence-corrected chi connectivity index (χ2v) is 7.87. The van der Waals surface area contributed by atoms with Crippen LogP contribution in [-0.2, 0) is 10.2 Å². The van der Waals surface area contributed by atoms with Crippen LogP contribution in [0.4, 0.5) is 5.69 Å². The van der Waals surface area contributed by atoms with Crippen LogP contribution in [0.2, 0.25) is 0 Å². The fourth-order valence-electron chi connectivity index (χ4n) is 6.07. The highest BCUT2D eigenvalue weighted by Crippen LogP contribution is 2.62. The van der Waals surface area contributed by atoms with Gasteiger partial charge in [0.2, 0.25) is 0 Å². The average Bonchev–Trinajstić information content (AvgIpc) is 3.08. The largest absolute Gasteiger partial charge is 0.357 e. The molecule has 1 aliphatic carbocycles. The number of aldehydes is 1. The number of para-hydroxylation sites is 1. The van der Waals surface area contributed by atoms with E-state index in [9.17, 15) is 4.79 Å². The highest BCUT2D eigenvalue weighted by molar-refractivity contribution is 5.84. The van der Waals surface area contributed by atoms with E-state index < -0.39 is 0 Å². The molecule has 3 aliphatic heterocycles. The fraction of sp³-hybridized carbons (Fsp3) is 0.450. The first-order valence-electron chi connectivity index (χ1n) is 8.70. The Hall–Kier alpha value is -1.87. The minimum absolute atomic E-state index is 0.0390. The highest BCUT2D eigenvalue weighted by atomic mass is 16.1. The molecular formula is C20H23N2O+. The lowest BCUT2D eigenvalue weighted by molar-refractivity contribution is -0.923. The molecule has 2 fully saturated rings. The monoisotopic (exact) mass is 307 g/mol. The number of nitrogens with one attached hydrogen (secondary N) is 1. The van der Waals surface area contributed by atoms with Crippen molar-refractivity contribution in [2.75, 3.05) is 25.5 Å². The van der Waals surface area contributed by atoms with E-state index >= 15 is 0 Å². The van der Waals surface area contributed by atoms with Gasteiger partial charge in [-0.25, -0.2) is 0 Å². The van der Waals surface area contributed by atoms with E-state index in [4.69, 9.17) is 0 Å². The van der Waals surface area contributed by atoms with Crippen LogP contribution in [0.1, 0.15) is 25.3 Å². The van der Waals surface area contributed by atoms with Gasteiger partial charge < -0.3 is 9.80 Å². The summed E-state index contributed by atoms with van der Waals surface area (Å²) in [6, 6.07) is 9.27. The number of nitrogens with zero attached hydrogens (tertiary/aromatic N) is 1. The molecule has 5 rings (SSSR count). The van der Waals surface area contributed by atoms with Crippen molar-refractivity contribution in [3.63, 3.8) is 0 Å². The maximum atomic E-state index is 12.0. The first-order valence-corrected chi connectivity index (χ1v) is 8.70. The number of piperidine rings is 1. The number of rotatable bonds is 1. The molecular weight excluding hydrogens is 284 g/mol. The van der Waals surface area contributed by atoms with Gasteiger partial charge in [-0.2, -0.15) is 0 Å². The summed E-state index contributed by atoms with van der Waals surface area (Å²) in [5.41, 5.74) is 6.35. The summed E-state index contributed by atoms with van der Waals surface area (Å²) >= 11 is 0. The predicted octanol–water partition coefficient (Wildman–Crippen LogP) is 3.00. The second-order valence-electron chi connectivity index (χ2n) is 7.87. The van der Waals surface area contributed by atoms with Crippen molar-refractivity contribution in [2.45, 2.75) is 31.2 Å². The van der Waals surface area contributed by atoms with E-state index in [0.717, 1.165) is 35.7 Å². The Morgan fingerprint density at radius 2 is 2.17 bits per heavy atom. The number of hydrogen-bond acceptors (Lipinski definition) is 2. The van der Waals surface area contributed by atoms with E-state index in [-0.39, 0.29) is 5.41 Å². The Morgan fingerprint density at radius 3 is 2.96 bits per heavy atom. The third-order valence-corrected chi connectivity index (χ3v) is 7.06. The Labute approximate surface area is 137 Å². The van der Waals surface area contributed by atoms with Gasteiger partial charge in [-0.05, 0) is 24.1 Å². The van der Waals surface area contributed by atoms with Gasteiger partial charge in [-0.1, -0.05) is 24.3 Å². The van der Waals surface area contributed by atoms with Crippen LogP contribution in [0.3, 0.4) is 0 Å². The third kappa shape index (κ3) is 1.38. The van der Waals surface area contributed by atoms with Crippen molar-refractivity contribution >= 4 is 12.0 Å². The van der Waals surface area contributed by atoms with E-state index in [1.165, 1.54) is 29.1 Å². The molecule has 23 heavy (non-hydrogen) atoms. The molecule has 3 nitrogen and oxygen atoms in total. The van der Waals surface area contributed by atoms with E-state index in [0.29, 0.717) is 12.0 Å². The zero-order chi connectivity index (χ0) is 15.8. The number of likely N-dealkylation sites (N-methyl/N-ethyl adjacent to an activating group) is 1. The molecule has 1 spiro atoms. The van der Waals surface area contributed by atoms with Crippen LogP contribution in [0.25, 0.3) is 0 Å². The Morgan fingerprint density at radius 1 is 1.35 bits per heavy atom. The minimum Gasteiger partial charge on any atom is -0.357 e. The summed E-state index contributed by atoms with van der Waals surface area (Å²) in [7, 11) is 2.42. The van der Waals surface area contributed by atoms with Crippen molar-refractivity contribution in [1.82, 2.24) is 0 Å². The number of allylic oxidation sites excluding steroid dienone is 2. The van der Waals surface area contributed by atoms with Crippen LogP contribution < -0.4 is 5.32 Å². The number of carbonyl (C=O) groups excluding carboxylic acids is 1. The molecule has 2 unspecified atom stereocenters. The van der Waals surface area contributed by atoms with Crippen LogP contribution >= 0.6 is 0 Å². The van der Waals surface area contributed by atoms with Crippen molar-refractivity contribution in [2.24, 2.45) is 5.92 Å². The first-order chi connectivity index (χ1) is 11.1. The number of hydrogen-bond donors (Lipinski definition) is 1. The van der Waals surface area contributed by atoms with E-state index in [2.05, 4.69) is 49.6 Å². The Balaban J connectivity index is 1.85. The third-order valence-electron chi connectivity index (χ3n) is 7.06. The summed E-state index contributed by atoms with van der Waals surface area (Å²) < 4.78 is 1.13. The normalized spacial score (nSPS) is 41.6. The van der Waals surface area contributed by atoms with E-state index in [1.807, 2.05) is 0 Å². The molecule has 2 bridgehead atoms. The average molecular weight is 307 g/mol. The molecule has 0 saturated carbocycles. The fourth-order valence-corrected chi connectivity index (χ4v) is 6.07. The standard InChI is InChI=1S/C20H22N2O/c1-3-13-11-22(2)9-8-20-16-6-4-5-7-17(16)21-19(20)15(12-23)14(13)10-18(20)22/h3-7,12,14,18H,8-11H2,1-2H3/p+1/b13-3-/t14-,18-,20?,22?/m0/s1. The van der Waals surface area contributed by atoms with Crippen LogP contribution in [-0.4, -0.2) is 36.9 Å². The molecule has 0 amide bonds. The van der Waals surface area contributed by atoms with Gasteiger partial charge in [0.15, 0.2) is 0 Å². The number of quaternary nitrogens is 1. The molecule has 0 radical (unpaired) electrons. The number of benzene rings is 1. The van der Waals surface area contributed by atoms with Gasteiger partial charge in [0.25, 0.3) is 0 Å². The molecule has 4 aliphatic rings. The van der Waals surface area contributed by atoms with E-state index in [1.54, 1.807) is 0 Å². The zero-order valence-corrected chi connectivity index (χ0v) is 13.8. The SMILES string of the molecule is C/C=C1/C[N+]2(C)CCC34C(=C(C=O)[C@H]1C[C@@H]32)Nc1ccccc14. The molecule has 2 saturated heterocycles. The summed E-state index contributed by atoms with van der Waals surface area (Å²) in [6.07, 6.45) is 5.65. The Kier molecular flexibility index (Phi) is 2.45. The van der Waals surface area contributed by atoms with Gasteiger partial charge in [-0.3, -0.25) is 4.79 Å². The molecule has 118 valence electrons. The molecule has 3 heteroatoms. The van der Waals surface area contributed by atoms with Gasteiger partial charge >= 0.3 is 0 Å². The van der Waals surface area contributed by atoms with Gasteiger partial charge in [-0.15, -0.1) is 0 Å². The number of anilines is 1.